The lowest BCUT2D eigenvalue weighted by atomic mass is 10.1. The van der Waals surface area contributed by atoms with E-state index in [0.717, 1.165) is 30.8 Å². The standard InChI is InChI=1S/C21H24N6O3/c1-13-10-18(30-26-13)21(29)22-12-15-5-6-16(11-15)25-19-8-7-17(14(2)24-19)27-20(28)4-3-9-23-27/h3-4,7-10,15-16H,5-6,11-12H2,1-2H3,(H,22,29)(H,24,25)/t15-,16+/m0/s1. The number of aromatic nitrogens is 4. The van der Waals surface area contributed by atoms with Gasteiger partial charge < -0.3 is 15.2 Å². The molecule has 0 aliphatic heterocycles. The molecule has 1 saturated carbocycles. The zero-order valence-electron chi connectivity index (χ0n) is 17.0. The Labute approximate surface area is 173 Å². The van der Waals surface area contributed by atoms with Gasteiger partial charge in [0.1, 0.15) is 5.82 Å². The van der Waals surface area contributed by atoms with Gasteiger partial charge in [-0.3, -0.25) is 9.59 Å². The van der Waals surface area contributed by atoms with Crippen LogP contribution in [-0.4, -0.2) is 38.4 Å². The van der Waals surface area contributed by atoms with Crippen LogP contribution in [0, 0.1) is 19.8 Å². The molecule has 0 unspecified atom stereocenters. The molecule has 1 aliphatic rings. The van der Waals surface area contributed by atoms with Gasteiger partial charge in [0, 0.05) is 30.9 Å². The third kappa shape index (κ3) is 4.40. The second-order valence-electron chi connectivity index (χ2n) is 7.64. The van der Waals surface area contributed by atoms with Gasteiger partial charge in [0.05, 0.1) is 17.1 Å². The van der Waals surface area contributed by atoms with Crippen molar-refractivity contribution in [3.63, 3.8) is 0 Å². The van der Waals surface area contributed by atoms with Gasteiger partial charge in [-0.25, -0.2) is 4.98 Å². The normalized spacial score (nSPS) is 18.3. The van der Waals surface area contributed by atoms with Crippen molar-refractivity contribution in [2.75, 3.05) is 11.9 Å². The number of pyridine rings is 1. The van der Waals surface area contributed by atoms with E-state index in [2.05, 4.69) is 25.9 Å². The van der Waals surface area contributed by atoms with Gasteiger partial charge in [0.25, 0.3) is 11.5 Å². The predicted molar refractivity (Wildman–Crippen MR) is 111 cm³/mol. The molecular formula is C21H24N6O3. The van der Waals surface area contributed by atoms with E-state index in [4.69, 9.17) is 4.52 Å². The third-order valence-corrected chi connectivity index (χ3v) is 5.30. The molecule has 1 fully saturated rings. The van der Waals surface area contributed by atoms with Crippen LogP contribution in [0.4, 0.5) is 5.82 Å². The molecule has 9 nitrogen and oxygen atoms in total. The highest BCUT2D eigenvalue weighted by molar-refractivity contribution is 5.91. The summed E-state index contributed by atoms with van der Waals surface area (Å²) >= 11 is 0. The number of nitrogens with one attached hydrogen (secondary N) is 2. The molecule has 0 saturated heterocycles. The maximum Gasteiger partial charge on any atom is 0.289 e. The van der Waals surface area contributed by atoms with E-state index >= 15 is 0 Å². The molecule has 1 aliphatic carbocycles. The van der Waals surface area contributed by atoms with Crippen molar-refractivity contribution in [3.05, 3.63) is 64.0 Å². The number of hydrogen-bond acceptors (Lipinski definition) is 7. The molecule has 0 bridgehead atoms. The minimum atomic E-state index is -0.232. The van der Waals surface area contributed by atoms with E-state index in [1.165, 1.54) is 10.7 Å². The summed E-state index contributed by atoms with van der Waals surface area (Å²) in [6.45, 7) is 4.25. The highest BCUT2D eigenvalue weighted by Crippen LogP contribution is 2.27. The maximum atomic E-state index is 12.1. The Kier molecular flexibility index (Phi) is 5.60. The molecule has 1 amide bonds. The molecule has 3 aromatic rings. The molecule has 2 N–H and O–H groups in total. The summed E-state index contributed by atoms with van der Waals surface area (Å²) in [6, 6.07) is 8.72. The Morgan fingerprint density at radius 1 is 1.27 bits per heavy atom. The molecule has 3 aromatic heterocycles. The largest absolute Gasteiger partial charge is 0.367 e. The molecule has 156 valence electrons. The zero-order valence-corrected chi connectivity index (χ0v) is 17.0. The average Bonchev–Trinajstić information content (AvgIpc) is 3.36. The summed E-state index contributed by atoms with van der Waals surface area (Å²) in [7, 11) is 0. The number of amides is 1. The lowest BCUT2D eigenvalue weighted by Gasteiger charge is -2.16. The summed E-state index contributed by atoms with van der Waals surface area (Å²) in [5, 5.41) is 14.2. The number of carbonyl (C=O) groups excluding carboxylic acids is 1. The zero-order chi connectivity index (χ0) is 21.1. The number of aryl methyl sites for hydroxylation is 2. The van der Waals surface area contributed by atoms with Crippen molar-refractivity contribution in [2.45, 2.75) is 39.2 Å². The smallest absolute Gasteiger partial charge is 0.289 e. The molecule has 30 heavy (non-hydrogen) atoms. The Balaban J connectivity index is 1.32. The first-order valence-electron chi connectivity index (χ1n) is 10.00. The molecule has 4 rings (SSSR count). The van der Waals surface area contributed by atoms with Crippen LogP contribution in [0.3, 0.4) is 0 Å². The van der Waals surface area contributed by atoms with E-state index in [1.54, 1.807) is 25.3 Å². The Morgan fingerprint density at radius 2 is 2.13 bits per heavy atom. The number of nitrogens with zero attached hydrogens (tertiary/aromatic N) is 4. The number of anilines is 1. The van der Waals surface area contributed by atoms with Gasteiger partial charge in [-0.2, -0.15) is 9.78 Å². The molecule has 9 heteroatoms. The molecule has 0 radical (unpaired) electrons. The molecular weight excluding hydrogens is 384 g/mol. The summed E-state index contributed by atoms with van der Waals surface area (Å²) in [5.74, 6) is 1.17. The van der Waals surface area contributed by atoms with Crippen molar-refractivity contribution in [3.8, 4) is 5.69 Å². The average molecular weight is 408 g/mol. The highest BCUT2D eigenvalue weighted by atomic mass is 16.5. The second-order valence-corrected chi connectivity index (χ2v) is 7.64. The van der Waals surface area contributed by atoms with E-state index in [0.29, 0.717) is 23.8 Å². The van der Waals surface area contributed by atoms with E-state index in [-0.39, 0.29) is 23.3 Å². The minimum Gasteiger partial charge on any atom is -0.367 e. The molecule has 2 atom stereocenters. The van der Waals surface area contributed by atoms with Crippen molar-refractivity contribution in [2.24, 2.45) is 5.92 Å². The first kappa shape index (κ1) is 19.8. The SMILES string of the molecule is Cc1cc(C(=O)NC[C@H]2CC[C@@H](Nc3ccc(-n4ncccc4=O)c(C)n3)C2)on1. The van der Waals surface area contributed by atoms with Gasteiger partial charge in [0.15, 0.2) is 0 Å². The van der Waals surface area contributed by atoms with Crippen molar-refractivity contribution in [1.82, 2.24) is 25.2 Å². The first-order valence-corrected chi connectivity index (χ1v) is 10.00. The molecule has 3 heterocycles. The van der Waals surface area contributed by atoms with Crippen LogP contribution in [0.1, 0.15) is 41.2 Å². The number of hydrogen-bond donors (Lipinski definition) is 2. The van der Waals surface area contributed by atoms with Gasteiger partial charge in [0.2, 0.25) is 5.76 Å². The Hall–Kier alpha value is -3.49. The van der Waals surface area contributed by atoms with Gasteiger partial charge in [-0.1, -0.05) is 5.16 Å². The fraction of sp³-hybridized carbons (Fsp3) is 0.381. The monoisotopic (exact) mass is 408 g/mol. The summed E-state index contributed by atoms with van der Waals surface area (Å²) < 4.78 is 6.34. The van der Waals surface area contributed by atoms with Gasteiger partial charge in [-0.15, -0.1) is 0 Å². The summed E-state index contributed by atoms with van der Waals surface area (Å²) in [5.41, 5.74) is 1.89. The van der Waals surface area contributed by atoms with E-state index in [9.17, 15) is 9.59 Å². The fourth-order valence-electron chi connectivity index (χ4n) is 3.79. The highest BCUT2D eigenvalue weighted by Gasteiger charge is 2.26. The predicted octanol–water partition coefficient (Wildman–Crippen LogP) is 2.24. The Bertz CT molecular complexity index is 1110. The van der Waals surface area contributed by atoms with Crippen LogP contribution in [0.5, 0.6) is 0 Å². The lowest BCUT2D eigenvalue weighted by molar-refractivity contribution is 0.0910. The van der Waals surface area contributed by atoms with Crippen molar-refractivity contribution in [1.29, 1.82) is 0 Å². The van der Waals surface area contributed by atoms with Crippen molar-refractivity contribution >= 4 is 11.7 Å². The number of carbonyl (C=O) groups is 1. The van der Waals surface area contributed by atoms with Crippen LogP contribution < -0.4 is 16.2 Å². The van der Waals surface area contributed by atoms with E-state index < -0.39 is 0 Å². The minimum absolute atomic E-state index is 0.190. The quantitative estimate of drug-likeness (QED) is 0.643. The molecule has 0 aromatic carbocycles. The van der Waals surface area contributed by atoms with Crippen LogP contribution in [0.25, 0.3) is 5.69 Å². The summed E-state index contributed by atoms with van der Waals surface area (Å²) in [6.07, 6.45) is 4.55. The molecule has 0 spiro atoms. The fourth-order valence-corrected chi connectivity index (χ4v) is 3.79. The van der Waals surface area contributed by atoms with Gasteiger partial charge >= 0.3 is 0 Å². The number of rotatable bonds is 6. The van der Waals surface area contributed by atoms with Crippen LogP contribution in [0.15, 0.2) is 45.8 Å². The summed E-state index contributed by atoms with van der Waals surface area (Å²) in [4.78, 5) is 28.7. The second kappa shape index (κ2) is 8.48. The van der Waals surface area contributed by atoms with Crippen LogP contribution >= 0.6 is 0 Å². The van der Waals surface area contributed by atoms with Gasteiger partial charge in [-0.05, 0) is 57.2 Å². The maximum absolute atomic E-state index is 12.1. The van der Waals surface area contributed by atoms with Crippen LogP contribution in [0.2, 0.25) is 0 Å². The van der Waals surface area contributed by atoms with Crippen LogP contribution in [-0.2, 0) is 0 Å². The Morgan fingerprint density at radius 3 is 2.87 bits per heavy atom. The third-order valence-electron chi connectivity index (χ3n) is 5.30. The van der Waals surface area contributed by atoms with E-state index in [1.807, 2.05) is 19.1 Å². The van der Waals surface area contributed by atoms with Crippen molar-refractivity contribution < 1.29 is 9.32 Å². The lowest BCUT2D eigenvalue weighted by Crippen LogP contribution is -2.28. The first-order chi connectivity index (χ1) is 14.5. The topological polar surface area (TPSA) is 115 Å².